The molecule has 0 aliphatic carbocycles. The zero-order valence-electron chi connectivity index (χ0n) is 10.6. The van der Waals surface area contributed by atoms with Gasteiger partial charge in [-0.25, -0.2) is 4.98 Å². The van der Waals surface area contributed by atoms with Crippen molar-refractivity contribution in [2.75, 3.05) is 18.4 Å². The van der Waals surface area contributed by atoms with Crippen LogP contribution in [0.25, 0.3) is 0 Å². The Bertz CT molecular complexity index is 450. The molecule has 0 saturated carbocycles. The van der Waals surface area contributed by atoms with Crippen LogP contribution < -0.4 is 10.6 Å². The number of pyridine rings is 1. The van der Waals surface area contributed by atoms with E-state index in [0.29, 0.717) is 23.2 Å². The van der Waals surface area contributed by atoms with Gasteiger partial charge in [-0.1, -0.05) is 11.6 Å². The summed E-state index contributed by atoms with van der Waals surface area (Å²) < 4.78 is 0.795. The minimum absolute atomic E-state index is 0.00706. The molecule has 1 aromatic rings. The molecule has 19 heavy (non-hydrogen) atoms. The van der Waals surface area contributed by atoms with Gasteiger partial charge in [0.05, 0.1) is 5.69 Å². The summed E-state index contributed by atoms with van der Waals surface area (Å²) in [6, 6.07) is 1.76. The summed E-state index contributed by atoms with van der Waals surface area (Å²) in [6.07, 6.45) is 5.45. The van der Waals surface area contributed by atoms with Crippen molar-refractivity contribution >= 4 is 39.1 Å². The Morgan fingerprint density at radius 1 is 1.63 bits per heavy atom. The molecular formula is C13H17BrClN3O. The van der Waals surface area contributed by atoms with Gasteiger partial charge in [-0.05, 0) is 60.3 Å². The highest BCUT2D eigenvalue weighted by atomic mass is 79.9. The van der Waals surface area contributed by atoms with Crippen molar-refractivity contribution < 1.29 is 4.79 Å². The van der Waals surface area contributed by atoms with Crippen molar-refractivity contribution in [1.82, 2.24) is 10.3 Å². The van der Waals surface area contributed by atoms with E-state index in [-0.39, 0.29) is 5.91 Å². The largest absolute Gasteiger partial charge is 0.323 e. The third-order valence-corrected chi connectivity index (χ3v) is 3.99. The van der Waals surface area contributed by atoms with E-state index in [0.717, 1.165) is 24.0 Å². The summed E-state index contributed by atoms with van der Waals surface area (Å²) in [5, 5.41) is 6.48. The average Bonchev–Trinajstić information content (AvgIpc) is 2.42. The van der Waals surface area contributed by atoms with Crippen LogP contribution in [-0.2, 0) is 4.79 Å². The molecule has 0 spiro atoms. The minimum atomic E-state index is -0.00706. The van der Waals surface area contributed by atoms with Crippen LogP contribution >= 0.6 is 27.5 Å². The van der Waals surface area contributed by atoms with Crippen molar-refractivity contribution in [2.45, 2.75) is 25.7 Å². The smallest absolute Gasteiger partial charge is 0.224 e. The van der Waals surface area contributed by atoms with E-state index in [2.05, 4.69) is 31.5 Å². The van der Waals surface area contributed by atoms with Crippen molar-refractivity contribution in [3.8, 4) is 0 Å². The molecule has 1 fully saturated rings. The molecule has 1 amide bonds. The highest BCUT2D eigenvalue weighted by Gasteiger charge is 2.15. The Morgan fingerprint density at radius 2 is 2.47 bits per heavy atom. The van der Waals surface area contributed by atoms with Crippen molar-refractivity contribution in [2.24, 2.45) is 5.92 Å². The van der Waals surface area contributed by atoms with Crippen LogP contribution in [0.5, 0.6) is 0 Å². The SMILES string of the molecule is O=C(CCC1CCCNC1)Nc1cc(Br)cnc1Cl. The first-order valence-electron chi connectivity index (χ1n) is 6.47. The van der Waals surface area contributed by atoms with Gasteiger partial charge in [-0.2, -0.15) is 0 Å². The van der Waals surface area contributed by atoms with Crippen LogP contribution in [0.4, 0.5) is 5.69 Å². The van der Waals surface area contributed by atoms with Crippen LogP contribution in [0.15, 0.2) is 16.7 Å². The first-order valence-corrected chi connectivity index (χ1v) is 7.64. The number of nitrogens with zero attached hydrogens (tertiary/aromatic N) is 1. The summed E-state index contributed by atoms with van der Waals surface area (Å²) in [6.45, 7) is 2.12. The van der Waals surface area contributed by atoms with E-state index in [4.69, 9.17) is 11.6 Å². The summed E-state index contributed by atoms with van der Waals surface area (Å²) in [4.78, 5) is 15.9. The van der Waals surface area contributed by atoms with E-state index in [1.165, 1.54) is 12.8 Å². The normalized spacial score (nSPS) is 19.2. The lowest BCUT2D eigenvalue weighted by Gasteiger charge is -2.22. The molecule has 4 nitrogen and oxygen atoms in total. The van der Waals surface area contributed by atoms with E-state index in [1.807, 2.05) is 0 Å². The lowest BCUT2D eigenvalue weighted by atomic mass is 9.94. The van der Waals surface area contributed by atoms with Gasteiger partial charge >= 0.3 is 0 Å². The molecule has 6 heteroatoms. The second kappa shape index (κ2) is 7.22. The molecule has 0 bridgehead atoms. The fourth-order valence-corrected chi connectivity index (χ4v) is 2.71. The van der Waals surface area contributed by atoms with Gasteiger partial charge in [0.25, 0.3) is 0 Å². The Hall–Kier alpha value is -0.650. The number of amides is 1. The molecular weight excluding hydrogens is 330 g/mol. The minimum Gasteiger partial charge on any atom is -0.323 e. The second-order valence-electron chi connectivity index (χ2n) is 4.79. The molecule has 1 aliphatic heterocycles. The average molecular weight is 347 g/mol. The number of piperidine rings is 1. The predicted molar refractivity (Wildman–Crippen MR) is 80.4 cm³/mol. The molecule has 1 aliphatic rings. The summed E-state index contributed by atoms with van der Waals surface area (Å²) in [7, 11) is 0. The Balaban J connectivity index is 1.81. The quantitative estimate of drug-likeness (QED) is 0.823. The number of hydrogen-bond donors (Lipinski definition) is 2. The molecule has 1 saturated heterocycles. The summed E-state index contributed by atoms with van der Waals surface area (Å²) in [5.41, 5.74) is 0.558. The number of carbonyl (C=O) groups is 1. The molecule has 0 aromatic carbocycles. The maximum Gasteiger partial charge on any atom is 0.224 e. The fraction of sp³-hybridized carbons (Fsp3) is 0.538. The topological polar surface area (TPSA) is 54.0 Å². The van der Waals surface area contributed by atoms with Gasteiger partial charge < -0.3 is 10.6 Å². The Morgan fingerprint density at radius 3 is 3.21 bits per heavy atom. The number of aromatic nitrogens is 1. The molecule has 0 radical (unpaired) electrons. The van der Waals surface area contributed by atoms with Gasteiger partial charge in [0.15, 0.2) is 5.15 Å². The van der Waals surface area contributed by atoms with Gasteiger partial charge in [-0.15, -0.1) is 0 Å². The van der Waals surface area contributed by atoms with E-state index >= 15 is 0 Å². The number of nitrogens with one attached hydrogen (secondary N) is 2. The number of rotatable bonds is 4. The third kappa shape index (κ3) is 4.75. The first-order chi connectivity index (χ1) is 9.15. The summed E-state index contributed by atoms with van der Waals surface area (Å²) >= 11 is 9.24. The zero-order chi connectivity index (χ0) is 13.7. The van der Waals surface area contributed by atoms with Crippen LogP contribution in [-0.4, -0.2) is 24.0 Å². The Labute approximate surface area is 126 Å². The highest BCUT2D eigenvalue weighted by Crippen LogP contribution is 2.23. The molecule has 1 aromatic heterocycles. The molecule has 2 N–H and O–H groups in total. The third-order valence-electron chi connectivity index (χ3n) is 3.26. The van der Waals surface area contributed by atoms with Gasteiger partial charge in [0.2, 0.25) is 5.91 Å². The fourth-order valence-electron chi connectivity index (χ4n) is 2.23. The molecule has 1 atom stereocenters. The van der Waals surface area contributed by atoms with E-state index in [1.54, 1.807) is 12.3 Å². The van der Waals surface area contributed by atoms with Crippen molar-refractivity contribution in [1.29, 1.82) is 0 Å². The molecule has 104 valence electrons. The Kier molecular flexibility index (Phi) is 5.60. The maximum atomic E-state index is 11.9. The number of halogens is 2. The van der Waals surface area contributed by atoms with Gasteiger partial charge in [0, 0.05) is 17.1 Å². The van der Waals surface area contributed by atoms with Gasteiger partial charge in [-0.3, -0.25) is 4.79 Å². The zero-order valence-corrected chi connectivity index (χ0v) is 12.9. The summed E-state index contributed by atoms with van der Waals surface area (Å²) in [5.74, 6) is 0.600. The molecule has 1 unspecified atom stereocenters. The van der Waals surface area contributed by atoms with Crippen LogP contribution in [0, 0.1) is 5.92 Å². The highest BCUT2D eigenvalue weighted by molar-refractivity contribution is 9.10. The van der Waals surface area contributed by atoms with Crippen molar-refractivity contribution in [3.05, 3.63) is 21.9 Å². The number of hydrogen-bond acceptors (Lipinski definition) is 3. The predicted octanol–water partition coefficient (Wildman–Crippen LogP) is 3.22. The molecule has 2 heterocycles. The second-order valence-corrected chi connectivity index (χ2v) is 6.06. The molecule has 2 rings (SSSR count). The van der Waals surface area contributed by atoms with Gasteiger partial charge in [0.1, 0.15) is 0 Å². The maximum absolute atomic E-state index is 11.9. The van der Waals surface area contributed by atoms with Crippen molar-refractivity contribution in [3.63, 3.8) is 0 Å². The van der Waals surface area contributed by atoms with Crippen LogP contribution in [0.1, 0.15) is 25.7 Å². The first kappa shape index (κ1) is 14.8. The van der Waals surface area contributed by atoms with E-state index < -0.39 is 0 Å². The van der Waals surface area contributed by atoms with Crippen LogP contribution in [0.3, 0.4) is 0 Å². The standard InChI is InChI=1S/C13H17BrClN3O/c14-10-6-11(13(15)17-8-10)18-12(19)4-3-9-2-1-5-16-7-9/h6,8-9,16H,1-5,7H2,(H,18,19). The lowest BCUT2D eigenvalue weighted by molar-refractivity contribution is -0.116. The monoisotopic (exact) mass is 345 g/mol. The number of carbonyl (C=O) groups excluding carboxylic acids is 1. The van der Waals surface area contributed by atoms with Crippen LogP contribution in [0.2, 0.25) is 5.15 Å². The number of anilines is 1. The lowest BCUT2D eigenvalue weighted by Crippen LogP contribution is -2.30. The van der Waals surface area contributed by atoms with E-state index in [9.17, 15) is 4.79 Å².